The average Bonchev–Trinajstić information content (AvgIpc) is 2.41. The molecule has 0 spiro atoms. The molecule has 18 heavy (non-hydrogen) atoms. The van der Waals surface area contributed by atoms with Crippen molar-refractivity contribution in [3.05, 3.63) is 0 Å². The highest BCUT2D eigenvalue weighted by Gasteiger charge is 2.31. The maximum absolute atomic E-state index is 5.71. The number of likely N-dealkylation sites (N-methyl/N-ethyl adjacent to an activating group) is 1. The molecule has 3 aliphatic rings. The predicted octanol–water partition coefficient (Wildman–Crippen LogP) is 1.92. The second-order valence-corrected chi connectivity index (χ2v) is 6.88. The van der Waals surface area contributed by atoms with E-state index in [0.29, 0.717) is 6.10 Å². The minimum Gasteiger partial charge on any atom is -0.375 e. The summed E-state index contributed by atoms with van der Waals surface area (Å²) in [5.41, 5.74) is 0. The van der Waals surface area contributed by atoms with Gasteiger partial charge in [0.1, 0.15) is 0 Å². The average molecular weight is 272 g/mol. The van der Waals surface area contributed by atoms with Crippen LogP contribution in [0.3, 0.4) is 0 Å². The number of fused-ring (bicyclic) bond motifs is 1. The molecule has 0 bridgehead atoms. The molecule has 3 rings (SSSR count). The van der Waals surface area contributed by atoms with Crippen LogP contribution in [0.1, 0.15) is 25.7 Å². The van der Waals surface area contributed by atoms with E-state index in [-0.39, 0.29) is 0 Å². The van der Waals surface area contributed by atoms with Crippen LogP contribution in [0.4, 0.5) is 0 Å². The van der Waals surface area contributed by atoms with Crippen molar-refractivity contribution in [1.82, 2.24) is 9.80 Å². The molecule has 106 valence electrons. The van der Waals surface area contributed by atoms with Crippen LogP contribution in [-0.4, -0.2) is 73.8 Å². The molecule has 2 atom stereocenters. The predicted molar refractivity (Wildman–Crippen MR) is 79.4 cm³/mol. The summed E-state index contributed by atoms with van der Waals surface area (Å²) in [4.78, 5) is 4.84. The van der Waals surface area contributed by atoms with Crippen molar-refractivity contribution in [1.29, 1.82) is 0 Å². The van der Waals surface area contributed by atoms with Crippen LogP contribution in [0.2, 0.25) is 0 Å². The van der Waals surface area contributed by atoms with Gasteiger partial charge in [-0.25, -0.2) is 0 Å². The summed E-state index contributed by atoms with van der Waals surface area (Å²) in [6.07, 6.45) is 5.96. The number of nitrogens with zero attached hydrogens (tertiary/aromatic N) is 2. The van der Waals surface area contributed by atoms with E-state index in [1.807, 2.05) is 0 Å². The Morgan fingerprint density at radius 2 is 1.72 bits per heavy atom. The van der Waals surface area contributed by atoms with Crippen LogP contribution in [0.25, 0.3) is 0 Å². The van der Waals surface area contributed by atoms with Crippen LogP contribution in [0.15, 0.2) is 0 Å². The van der Waals surface area contributed by atoms with Gasteiger partial charge in [0.05, 0.1) is 12.7 Å². The monoisotopic (exact) mass is 272 g/mol. The Bertz CT molecular complexity index is 232. The summed E-state index contributed by atoms with van der Waals surface area (Å²) in [5, 5.41) is 0. The summed E-state index contributed by atoms with van der Waals surface area (Å²) < 4.78 is 5.71. The fraction of sp³-hybridized carbons (Fsp3) is 1.00. The minimum absolute atomic E-state index is 0.558. The van der Waals surface area contributed by atoms with Gasteiger partial charge in [0.15, 0.2) is 0 Å². The Hall–Kier alpha value is 0.230. The Labute approximate surface area is 116 Å². The number of morpholine rings is 1. The van der Waals surface area contributed by atoms with Crippen LogP contribution in [-0.2, 0) is 4.74 Å². The highest BCUT2D eigenvalue weighted by molar-refractivity contribution is 7.99. The van der Waals surface area contributed by atoms with Crippen molar-refractivity contribution in [2.45, 2.75) is 37.8 Å². The Kier molecular flexibility index (Phi) is 6.29. The van der Waals surface area contributed by atoms with Crippen molar-refractivity contribution in [2.24, 2.45) is 0 Å². The van der Waals surface area contributed by atoms with E-state index in [2.05, 4.69) is 35.7 Å². The largest absolute Gasteiger partial charge is 0.375 e. The first-order chi connectivity index (χ1) is 8.77. The van der Waals surface area contributed by atoms with Crippen molar-refractivity contribution in [2.75, 3.05) is 51.8 Å². The molecule has 0 amide bonds. The van der Waals surface area contributed by atoms with Gasteiger partial charge < -0.3 is 9.64 Å². The first-order valence-corrected chi connectivity index (χ1v) is 8.51. The van der Waals surface area contributed by atoms with Crippen molar-refractivity contribution >= 4 is 11.8 Å². The van der Waals surface area contributed by atoms with Crippen molar-refractivity contribution < 1.29 is 4.74 Å². The third-order valence-electron chi connectivity index (χ3n) is 4.24. The van der Waals surface area contributed by atoms with E-state index in [1.54, 1.807) is 0 Å². The standard InChI is InChI=1S/C9H17NO.C5H11NS/c1-10-6-7-11-9-5-3-2-4-8(9)10;1-6-2-4-7-5-3-6/h8-9H,2-7H2,1H3;2-5H2,1H3. The van der Waals surface area contributed by atoms with E-state index >= 15 is 0 Å². The molecule has 0 radical (unpaired) electrons. The van der Waals surface area contributed by atoms with Crippen LogP contribution in [0.5, 0.6) is 0 Å². The van der Waals surface area contributed by atoms with Gasteiger partial charge >= 0.3 is 0 Å². The lowest BCUT2D eigenvalue weighted by molar-refractivity contribution is -0.0788. The van der Waals surface area contributed by atoms with E-state index < -0.39 is 0 Å². The fourth-order valence-corrected chi connectivity index (χ4v) is 4.03. The van der Waals surface area contributed by atoms with Crippen LogP contribution in [0, 0.1) is 0 Å². The molecular formula is C14H28N2OS. The zero-order valence-electron chi connectivity index (χ0n) is 11.9. The quantitative estimate of drug-likeness (QED) is 0.669. The molecule has 1 aliphatic carbocycles. The van der Waals surface area contributed by atoms with E-state index in [4.69, 9.17) is 4.74 Å². The second kappa shape index (κ2) is 7.73. The molecule has 0 aromatic heterocycles. The minimum atomic E-state index is 0.558. The highest BCUT2D eigenvalue weighted by atomic mass is 32.2. The van der Waals surface area contributed by atoms with E-state index in [9.17, 15) is 0 Å². The molecule has 0 N–H and O–H groups in total. The number of ether oxygens (including phenoxy) is 1. The van der Waals surface area contributed by atoms with E-state index in [0.717, 1.165) is 19.2 Å². The lowest BCUT2D eigenvalue weighted by Crippen LogP contribution is -2.50. The lowest BCUT2D eigenvalue weighted by Gasteiger charge is -2.41. The highest BCUT2D eigenvalue weighted by Crippen LogP contribution is 2.26. The first kappa shape index (κ1) is 14.6. The van der Waals surface area contributed by atoms with Gasteiger partial charge in [0.2, 0.25) is 0 Å². The number of rotatable bonds is 0. The lowest BCUT2D eigenvalue weighted by atomic mass is 9.90. The van der Waals surface area contributed by atoms with Gasteiger partial charge in [-0.1, -0.05) is 12.8 Å². The van der Waals surface area contributed by atoms with Crippen LogP contribution >= 0.6 is 11.8 Å². The maximum atomic E-state index is 5.71. The molecule has 2 saturated heterocycles. The molecule has 2 aliphatic heterocycles. The summed E-state index contributed by atoms with van der Waals surface area (Å²) >= 11 is 2.06. The summed E-state index contributed by atoms with van der Waals surface area (Å²) in [6.45, 7) is 4.63. The Morgan fingerprint density at radius 1 is 1.00 bits per heavy atom. The number of thioether (sulfide) groups is 1. The molecule has 0 aromatic rings. The number of hydrogen-bond acceptors (Lipinski definition) is 4. The molecule has 0 aromatic carbocycles. The second-order valence-electron chi connectivity index (χ2n) is 5.66. The molecule has 4 heteroatoms. The molecule has 3 nitrogen and oxygen atoms in total. The van der Waals surface area contributed by atoms with Gasteiger partial charge in [0, 0.05) is 37.2 Å². The van der Waals surface area contributed by atoms with Gasteiger partial charge in [0.25, 0.3) is 0 Å². The van der Waals surface area contributed by atoms with Gasteiger partial charge in [-0.3, -0.25) is 4.90 Å². The molecule has 1 saturated carbocycles. The molecule has 2 heterocycles. The van der Waals surface area contributed by atoms with Gasteiger partial charge in [-0.2, -0.15) is 11.8 Å². The topological polar surface area (TPSA) is 15.7 Å². The SMILES string of the molecule is CN1CCOC2CCCCC21.CN1CCSCC1. The van der Waals surface area contributed by atoms with Gasteiger partial charge in [-0.15, -0.1) is 0 Å². The van der Waals surface area contributed by atoms with Crippen molar-refractivity contribution in [3.63, 3.8) is 0 Å². The Balaban J connectivity index is 0.000000149. The maximum Gasteiger partial charge on any atom is 0.0730 e. The molecule has 2 unspecified atom stereocenters. The smallest absolute Gasteiger partial charge is 0.0730 e. The van der Waals surface area contributed by atoms with Crippen molar-refractivity contribution in [3.8, 4) is 0 Å². The third kappa shape index (κ3) is 4.41. The fourth-order valence-electron chi connectivity index (χ4n) is 2.94. The zero-order valence-corrected chi connectivity index (χ0v) is 12.8. The number of hydrogen-bond donors (Lipinski definition) is 0. The van der Waals surface area contributed by atoms with E-state index in [1.165, 1.54) is 50.3 Å². The summed E-state index contributed by atoms with van der Waals surface area (Å²) in [5.74, 6) is 2.66. The summed E-state index contributed by atoms with van der Waals surface area (Å²) in [6, 6.07) is 0.734. The third-order valence-corrected chi connectivity index (χ3v) is 5.19. The normalized spacial score (nSPS) is 34.3. The van der Waals surface area contributed by atoms with Crippen LogP contribution < -0.4 is 0 Å². The molecular weight excluding hydrogens is 244 g/mol. The zero-order chi connectivity index (χ0) is 12.8. The summed E-state index contributed by atoms with van der Waals surface area (Å²) in [7, 11) is 4.41. The Morgan fingerprint density at radius 3 is 2.33 bits per heavy atom. The first-order valence-electron chi connectivity index (χ1n) is 7.35. The molecule has 3 fully saturated rings. The van der Waals surface area contributed by atoms with Gasteiger partial charge in [-0.05, 0) is 26.9 Å².